The molecule has 5 rings (SSSR count). The Balaban J connectivity index is 1.28. The molecule has 0 amide bonds. The maximum Gasteiger partial charge on any atom is 0.310 e. The van der Waals surface area contributed by atoms with Gasteiger partial charge in [-0.1, -0.05) is 25.0 Å². The number of carbonyl (C=O) groups is 1. The number of nitrogens with zero attached hydrogens (tertiary/aromatic N) is 3. The smallest absolute Gasteiger partial charge is 0.310 e. The van der Waals surface area contributed by atoms with Crippen molar-refractivity contribution >= 4 is 27.5 Å². The van der Waals surface area contributed by atoms with Crippen LogP contribution in [-0.2, 0) is 16.1 Å². The molecule has 2 atom stereocenters. The van der Waals surface area contributed by atoms with Gasteiger partial charge in [-0.15, -0.1) is 21.5 Å². The summed E-state index contributed by atoms with van der Waals surface area (Å²) < 4.78 is 17.4. The summed E-state index contributed by atoms with van der Waals surface area (Å²) in [5, 5.41) is 8.88. The second kappa shape index (κ2) is 7.79. The molecule has 1 fully saturated rings. The van der Waals surface area contributed by atoms with Gasteiger partial charge in [0.05, 0.1) is 27.4 Å². The summed E-state index contributed by atoms with van der Waals surface area (Å²) in [4.78, 5) is 17.6. The van der Waals surface area contributed by atoms with E-state index in [4.69, 9.17) is 18.6 Å². The normalized spacial score (nSPS) is 19.4. The van der Waals surface area contributed by atoms with E-state index in [2.05, 4.69) is 16.3 Å². The number of hydrogen-bond acceptors (Lipinski definition) is 8. The molecule has 148 valence electrons. The second-order valence-electron chi connectivity index (χ2n) is 7.10. The van der Waals surface area contributed by atoms with E-state index in [1.165, 1.54) is 6.26 Å². The first-order valence-electron chi connectivity index (χ1n) is 9.66. The molecule has 29 heavy (non-hydrogen) atoms. The third-order valence-electron chi connectivity index (χ3n) is 5.23. The molecule has 3 heterocycles. The first kappa shape index (κ1) is 18.1. The first-order chi connectivity index (χ1) is 14.3. The van der Waals surface area contributed by atoms with Crippen LogP contribution in [0.25, 0.3) is 21.9 Å². The van der Waals surface area contributed by atoms with Crippen LogP contribution in [-0.4, -0.2) is 21.2 Å². The lowest BCUT2D eigenvalue weighted by molar-refractivity contribution is -0.152. The lowest BCUT2D eigenvalue weighted by Crippen LogP contribution is -2.27. The molecule has 0 radical (unpaired) electrons. The summed E-state index contributed by atoms with van der Waals surface area (Å²) in [6.07, 6.45) is 5.40. The Morgan fingerprint density at radius 2 is 2.03 bits per heavy atom. The van der Waals surface area contributed by atoms with Gasteiger partial charge in [-0.3, -0.25) is 4.79 Å². The van der Waals surface area contributed by atoms with Gasteiger partial charge in [0.15, 0.2) is 12.4 Å². The zero-order valence-electron chi connectivity index (χ0n) is 15.6. The van der Waals surface area contributed by atoms with Gasteiger partial charge in [0.1, 0.15) is 0 Å². The van der Waals surface area contributed by atoms with E-state index < -0.39 is 0 Å². The summed E-state index contributed by atoms with van der Waals surface area (Å²) in [5.41, 5.74) is 0.988. The highest BCUT2D eigenvalue weighted by atomic mass is 32.1. The van der Waals surface area contributed by atoms with Crippen LogP contribution in [0.4, 0.5) is 0 Å². The van der Waals surface area contributed by atoms with Crippen molar-refractivity contribution < 1.29 is 18.4 Å². The molecule has 1 aliphatic carbocycles. The minimum atomic E-state index is -0.230. The van der Waals surface area contributed by atoms with Crippen LogP contribution in [0.15, 0.2) is 51.5 Å². The van der Waals surface area contributed by atoms with Gasteiger partial charge in [-0.25, -0.2) is 4.98 Å². The zero-order chi connectivity index (χ0) is 19.6. The van der Waals surface area contributed by atoms with Crippen LogP contribution in [0.1, 0.15) is 42.5 Å². The van der Waals surface area contributed by atoms with E-state index in [-0.39, 0.29) is 36.2 Å². The highest BCUT2D eigenvalue weighted by Crippen LogP contribution is 2.41. The van der Waals surface area contributed by atoms with Crippen LogP contribution < -0.4 is 0 Å². The molecule has 0 spiro atoms. The predicted octanol–water partition coefficient (Wildman–Crippen LogP) is 4.96. The number of para-hydroxylation sites is 1. The Morgan fingerprint density at radius 3 is 2.90 bits per heavy atom. The average molecular weight is 409 g/mol. The molecule has 1 saturated carbocycles. The molecule has 1 aromatic carbocycles. The molecule has 4 aromatic rings. The molecule has 0 bridgehead atoms. The van der Waals surface area contributed by atoms with Crippen LogP contribution in [0.5, 0.6) is 0 Å². The summed E-state index contributed by atoms with van der Waals surface area (Å²) in [5.74, 6) is 0.667. The molecule has 7 nitrogen and oxygen atoms in total. The Hall–Kier alpha value is -3.00. The number of aromatic nitrogens is 3. The maximum atomic E-state index is 12.9. The van der Waals surface area contributed by atoms with E-state index >= 15 is 0 Å². The molecular formula is C21H19N3O4S. The van der Waals surface area contributed by atoms with Gasteiger partial charge >= 0.3 is 5.97 Å². The summed E-state index contributed by atoms with van der Waals surface area (Å²) in [6.45, 7) is -0.0460. The SMILES string of the molecule is O=C(OCc1nnc(-c2ccco2)o1)[C@@H]1CCCC[C@@H]1c1nc2ccccc2s1. The second-order valence-corrected chi connectivity index (χ2v) is 8.17. The zero-order valence-corrected chi connectivity index (χ0v) is 16.4. The van der Waals surface area contributed by atoms with E-state index in [1.807, 2.05) is 18.2 Å². The van der Waals surface area contributed by atoms with Gasteiger partial charge in [0.2, 0.25) is 0 Å². The Morgan fingerprint density at radius 1 is 1.14 bits per heavy atom. The fraction of sp³-hybridized carbons (Fsp3) is 0.333. The number of carbonyl (C=O) groups excluding carboxylic acids is 1. The largest absolute Gasteiger partial charge is 0.459 e. The summed E-state index contributed by atoms with van der Waals surface area (Å²) in [7, 11) is 0. The summed E-state index contributed by atoms with van der Waals surface area (Å²) >= 11 is 1.67. The van der Waals surface area contributed by atoms with Crippen molar-refractivity contribution in [2.75, 3.05) is 0 Å². The standard InChI is InChI=1S/C21H19N3O4S/c25-21(27-12-18-23-24-19(28-18)16-9-5-11-26-16)14-7-2-1-6-13(14)20-22-15-8-3-4-10-17(15)29-20/h3-5,8-11,13-14H,1-2,6-7,12H2/t13-,14+/m0/s1. The first-order valence-corrected chi connectivity index (χ1v) is 10.5. The number of benzene rings is 1. The maximum absolute atomic E-state index is 12.9. The van der Waals surface area contributed by atoms with Crippen LogP contribution >= 0.6 is 11.3 Å². The van der Waals surface area contributed by atoms with Crippen molar-refractivity contribution in [3.05, 3.63) is 53.6 Å². The van der Waals surface area contributed by atoms with Crippen molar-refractivity contribution in [1.29, 1.82) is 0 Å². The number of thiazole rings is 1. The molecule has 0 aliphatic heterocycles. The minimum Gasteiger partial charge on any atom is -0.459 e. The lowest BCUT2D eigenvalue weighted by Gasteiger charge is -2.28. The van der Waals surface area contributed by atoms with E-state index in [0.29, 0.717) is 5.76 Å². The van der Waals surface area contributed by atoms with E-state index in [0.717, 1.165) is 40.9 Å². The van der Waals surface area contributed by atoms with Crippen molar-refractivity contribution in [3.63, 3.8) is 0 Å². The van der Waals surface area contributed by atoms with Crippen LogP contribution in [0.3, 0.4) is 0 Å². The van der Waals surface area contributed by atoms with E-state index in [1.54, 1.807) is 23.5 Å². The van der Waals surface area contributed by atoms with E-state index in [9.17, 15) is 4.79 Å². The number of ether oxygens (including phenoxy) is 1. The summed E-state index contributed by atoms with van der Waals surface area (Å²) in [6, 6.07) is 11.5. The molecule has 0 saturated heterocycles. The average Bonchev–Trinajstić information content (AvgIpc) is 3.52. The lowest BCUT2D eigenvalue weighted by atomic mass is 9.79. The van der Waals surface area contributed by atoms with Gasteiger partial charge in [0, 0.05) is 5.92 Å². The molecule has 1 aliphatic rings. The molecule has 0 N–H and O–H groups in total. The van der Waals surface area contributed by atoms with Crippen molar-refractivity contribution in [2.24, 2.45) is 5.92 Å². The number of esters is 1. The third kappa shape index (κ3) is 3.67. The molecule has 8 heteroatoms. The van der Waals surface area contributed by atoms with Crippen LogP contribution in [0.2, 0.25) is 0 Å². The van der Waals surface area contributed by atoms with Gasteiger partial charge in [-0.05, 0) is 37.1 Å². The number of furan rings is 1. The van der Waals surface area contributed by atoms with Crippen molar-refractivity contribution in [1.82, 2.24) is 15.2 Å². The Labute approximate surface area is 170 Å². The third-order valence-corrected chi connectivity index (χ3v) is 6.40. The van der Waals surface area contributed by atoms with Gasteiger partial charge in [0.25, 0.3) is 11.8 Å². The van der Waals surface area contributed by atoms with Gasteiger partial charge < -0.3 is 13.6 Å². The van der Waals surface area contributed by atoms with Gasteiger partial charge in [-0.2, -0.15) is 0 Å². The Bertz CT molecular complexity index is 1090. The fourth-order valence-electron chi connectivity index (χ4n) is 3.81. The molecular weight excluding hydrogens is 390 g/mol. The number of hydrogen-bond donors (Lipinski definition) is 0. The van der Waals surface area contributed by atoms with Crippen molar-refractivity contribution in [3.8, 4) is 11.7 Å². The highest BCUT2D eigenvalue weighted by molar-refractivity contribution is 7.18. The number of rotatable bonds is 5. The monoisotopic (exact) mass is 409 g/mol. The Kier molecular flexibility index (Phi) is 4.85. The number of fused-ring (bicyclic) bond motifs is 1. The topological polar surface area (TPSA) is 91.2 Å². The van der Waals surface area contributed by atoms with Crippen LogP contribution in [0, 0.1) is 5.92 Å². The highest BCUT2D eigenvalue weighted by Gasteiger charge is 2.35. The minimum absolute atomic E-state index is 0.0460. The molecule has 3 aromatic heterocycles. The molecule has 0 unspecified atom stereocenters. The predicted molar refractivity (Wildman–Crippen MR) is 106 cm³/mol. The quantitative estimate of drug-likeness (QED) is 0.430. The fourth-order valence-corrected chi connectivity index (χ4v) is 4.98. The van der Waals surface area contributed by atoms with Crippen molar-refractivity contribution in [2.45, 2.75) is 38.2 Å².